The minimum atomic E-state index is -1.34. The number of rotatable bonds is 6. The number of fused-ring (bicyclic) bond motifs is 4. The molecule has 3 heterocycles. The molecule has 0 spiro atoms. The van der Waals surface area contributed by atoms with Crippen LogP contribution in [0.4, 0.5) is 0 Å². The highest BCUT2D eigenvalue weighted by atomic mass is 16.7. The Balaban J connectivity index is 1.05. The summed E-state index contributed by atoms with van der Waals surface area (Å²) in [5, 5.41) is 33.5. The molecule has 274 valence electrons. The summed E-state index contributed by atoms with van der Waals surface area (Å²) in [7, 11) is 1.38. The Morgan fingerprint density at radius 3 is 2.25 bits per heavy atom. The van der Waals surface area contributed by atoms with Crippen molar-refractivity contribution in [3.05, 3.63) is 57.1 Å². The second-order valence-corrected chi connectivity index (χ2v) is 14.7. The molecule has 7 rings (SSSR count). The number of methoxy groups -OCH3 is 1. The fourth-order valence-corrected chi connectivity index (χ4v) is 8.19. The first-order valence-corrected chi connectivity index (χ1v) is 17.6. The van der Waals surface area contributed by atoms with E-state index in [4.69, 9.17) is 28.4 Å². The number of aliphatic hydroxyl groups excluding tert-OH is 1. The predicted octanol–water partition coefficient (Wildman–Crippen LogP) is 3.66. The van der Waals surface area contributed by atoms with E-state index in [-0.39, 0.29) is 76.4 Å². The van der Waals surface area contributed by atoms with Crippen LogP contribution in [0.3, 0.4) is 0 Å². The van der Waals surface area contributed by atoms with Crippen molar-refractivity contribution in [3.63, 3.8) is 0 Å². The molecule has 0 radical (unpaired) electrons. The van der Waals surface area contributed by atoms with Crippen LogP contribution in [-0.2, 0) is 34.9 Å². The maximum Gasteiger partial charge on any atom is 0.198 e. The summed E-state index contributed by atoms with van der Waals surface area (Å²) in [6.45, 7) is 6.87. The van der Waals surface area contributed by atoms with Crippen molar-refractivity contribution in [2.45, 2.75) is 134 Å². The van der Waals surface area contributed by atoms with Crippen molar-refractivity contribution in [3.8, 4) is 11.5 Å². The van der Waals surface area contributed by atoms with Gasteiger partial charge in [0, 0.05) is 71.9 Å². The quantitative estimate of drug-likeness (QED) is 0.338. The number of Topliss-reactive ketones (excluding diaryl/α,β-unsaturated/α-hetero) is 2. The molecule has 0 amide bonds. The standard InChI is InChI=1S/C38H44O13/c1-16-23(39)8-10-29(48-16)50-26-9-11-30(49-17(26)2)51-37-18(3)47-28(13-24(37)40)19-6-7-20-33(34(19)42)36(44)21-12-27(46-5)22-14-38(4,45)15-25(41)31(22)32(21)35(20)43/h6-7,12,16-18,24,26,28-30,37,40,42,45H,8-11,13-15H2,1-5H3/t16-,17-,18+,24-,26-,28+,29+,30-,37+,38+/m0/s1. The Morgan fingerprint density at radius 1 is 0.843 bits per heavy atom. The van der Waals surface area contributed by atoms with Gasteiger partial charge in [-0.3, -0.25) is 19.2 Å². The van der Waals surface area contributed by atoms with E-state index >= 15 is 0 Å². The van der Waals surface area contributed by atoms with E-state index in [1.807, 2.05) is 6.92 Å². The lowest BCUT2D eigenvalue weighted by Crippen LogP contribution is -2.50. The highest BCUT2D eigenvalue weighted by Crippen LogP contribution is 2.46. The third kappa shape index (κ3) is 6.43. The fourth-order valence-electron chi connectivity index (χ4n) is 8.19. The minimum absolute atomic E-state index is 0.0276. The average molecular weight is 709 g/mol. The molecule has 3 N–H and O–H groups in total. The van der Waals surface area contributed by atoms with Gasteiger partial charge in [0.2, 0.25) is 0 Å². The van der Waals surface area contributed by atoms with Crippen LogP contribution in [0.1, 0.15) is 126 Å². The largest absolute Gasteiger partial charge is 0.507 e. The van der Waals surface area contributed by atoms with Crippen molar-refractivity contribution in [1.82, 2.24) is 0 Å². The van der Waals surface area contributed by atoms with Gasteiger partial charge in [-0.15, -0.1) is 0 Å². The summed E-state index contributed by atoms with van der Waals surface area (Å²) in [6.07, 6.45) is -3.54. The van der Waals surface area contributed by atoms with Gasteiger partial charge in [-0.05, 0) is 46.2 Å². The van der Waals surface area contributed by atoms with Crippen LogP contribution in [0.15, 0.2) is 18.2 Å². The number of carbonyl (C=O) groups excluding carboxylic acids is 4. The molecule has 5 aliphatic rings. The molecule has 0 unspecified atom stereocenters. The van der Waals surface area contributed by atoms with Crippen LogP contribution in [-0.4, -0.2) is 100 Å². The molecular weight excluding hydrogens is 664 g/mol. The molecule has 0 saturated carbocycles. The molecule has 51 heavy (non-hydrogen) atoms. The van der Waals surface area contributed by atoms with Gasteiger partial charge in [0.1, 0.15) is 23.7 Å². The zero-order chi connectivity index (χ0) is 36.5. The van der Waals surface area contributed by atoms with Crippen LogP contribution in [0.2, 0.25) is 0 Å². The summed E-state index contributed by atoms with van der Waals surface area (Å²) in [5.41, 5.74) is -1.08. The second kappa shape index (κ2) is 13.4. The lowest BCUT2D eigenvalue weighted by molar-refractivity contribution is -0.298. The third-order valence-corrected chi connectivity index (χ3v) is 10.8. The monoisotopic (exact) mass is 708 g/mol. The molecular formula is C38H44O13. The van der Waals surface area contributed by atoms with E-state index in [1.54, 1.807) is 13.8 Å². The van der Waals surface area contributed by atoms with Crippen LogP contribution in [0.5, 0.6) is 11.5 Å². The Kier molecular flexibility index (Phi) is 9.45. The number of ketones is 4. The van der Waals surface area contributed by atoms with Gasteiger partial charge in [0.15, 0.2) is 35.7 Å². The lowest BCUT2D eigenvalue weighted by atomic mass is 9.72. The van der Waals surface area contributed by atoms with Crippen LogP contribution in [0, 0.1) is 0 Å². The lowest BCUT2D eigenvalue weighted by Gasteiger charge is -2.42. The molecule has 3 aliphatic heterocycles. The van der Waals surface area contributed by atoms with Gasteiger partial charge in [-0.25, -0.2) is 0 Å². The number of ether oxygens (including phenoxy) is 6. The molecule has 13 heteroatoms. The molecule has 0 aromatic heterocycles. The first-order chi connectivity index (χ1) is 24.2. The third-order valence-electron chi connectivity index (χ3n) is 10.8. The predicted molar refractivity (Wildman–Crippen MR) is 177 cm³/mol. The van der Waals surface area contributed by atoms with E-state index in [0.717, 1.165) is 0 Å². The SMILES string of the molecule is COc1cc2c(c3c1C[C@@](C)(O)CC3=O)C(=O)c1ccc([C@H]3C[C@H](O)[C@H](O[C@H]4CC[C@H](O[C@@H]5CCC(=O)[C@H](C)O5)[C@H](C)O4)[C@@H](C)O3)c(O)c1C2=O. The molecule has 0 bridgehead atoms. The van der Waals surface area contributed by atoms with Crippen molar-refractivity contribution >= 4 is 23.1 Å². The fraction of sp³-hybridized carbons (Fsp3) is 0.579. The van der Waals surface area contributed by atoms with Crippen LogP contribution < -0.4 is 4.74 Å². The van der Waals surface area contributed by atoms with Gasteiger partial charge in [0.25, 0.3) is 0 Å². The summed E-state index contributed by atoms with van der Waals surface area (Å²) in [5.74, 6) is -1.90. The summed E-state index contributed by atoms with van der Waals surface area (Å²) in [6, 6.07) is 4.32. The highest BCUT2D eigenvalue weighted by molar-refractivity contribution is 6.32. The number of aliphatic hydroxyl groups is 2. The molecule has 3 fully saturated rings. The van der Waals surface area contributed by atoms with E-state index in [0.29, 0.717) is 31.2 Å². The number of phenols is 1. The van der Waals surface area contributed by atoms with E-state index in [1.165, 1.54) is 32.2 Å². The van der Waals surface area contributed by atoms with Crippen LogP contribution >= 0.6 is 0 Å². The number of benzene rings is 2. The highest BCUT2D eigenvalue weighted by Gasteiger charge is 2.45. The van der Waals surface area contributed by atoms with Gasteiger partial charge in [-0.2, -0.15) is 0 Å². The summed E-state index contributed by atoms with van der Waals surface area (Å²) in [4.78, 5) is 53.0. The van der Waals surface area contributed by atoms with E-state index < -0.39 is 71.8 Å². The average Bonchev–Trinajstić information content (AvgIpc) is 3.06. The number of carbonyl (C=O) groups is 4. The smallest absolute Gasteiger partial charge is 0.198 e. The molecule has 2 aromatic carbocycles. The van der Waals surface area contributed by atoms with Gasteiger partial charge < -0.3 is 43.7 Å². The molecule has 3 saturated heterocycles. The zero-order valence-electron chi connectivity index (χ0n) is 29.3. The first kappa shape index (κ1) is 35.8. The topological polar surface area (TPSA) is 184 Å². The van der Waals surface area contributed by atoms with Crippen molar-refractivity contribution in [1.29, 1.82) is 0 Å². The number of hydrogen-bond acceptors (Lipinski definition) is 13. The van der Waals surface area contributed by atoms with Crippen molar-refractivity contribution in [2.24, 2.45) is 0 Å². The Labute approximate surface area is 295 Å². The first-order valence-electron chi connectivity index (χ1n) is 17.6. The number of hydrogen-bond donors (Lipinski definition) is 3. The zero-order valence-corrected chi connectivity index (χ0v) is 29.3. The normalized spacial score (nSPS) is 35.2. The summed E-state index contributed by atoms with van der Waals surface area (Å²) >= 11 is 0. The maximum absolute atomic E-state index is 14.0. The van der Waals surface area contributed by atoms with E-state index in [9.17, 15) is 34.5 Å². The van der Waals surface area contributed by atoms with Crippen molar-refractivity contribution in [2.75, 3.05) is 7.11 Å². The number of aromatic hydroxyl groups is 1. The van der Waals surface area contributed by atoms with Gasteiger partial charge in [0.05, 0.1) is 48.8 Å². The van der Waals surface area contributed by atoms with Crippen LogP contribution in [0.25, 0.3) is 0 Å². The molecule has 10 atom stereocenters. The molecule has 2 aliphatic carbocycles. The Bertz CT molecular complexity index is 1770. The second-order valence-electron chi connectivity index (χ2n) is 14.7. The summed E-state index contributed by atoms with van der Waals surface area (Å²) < 4.78 is 35.9. The van der Waals surface area contributed by atoms with Gasteiger partial charge in [-0.1, -0.05) is 6.07 Å². The number of phenolic OH excluding ortho intramolecular Hbond substituents is 1. The maximum atomic E-state index is 14.0. The Hall–Kier alpha value is -3.56. The minimum Gasteiger partial charge on any atom is -0.507 e. The van der Waals surface area contributed by atoms with Gasteiger partial charge >= 0.3 is 0 Å². The van der Waals surface area contributed by atoms with E-state index in [2.05, 4.69) is 0 Å². The molecule has 2 aromatic rings. The van der Waals surface area contributed by atoms with Crippen molar-refractivity contribution < 1.29 is 62.9 Å². The molecule has 13 nitrogen and oxygen atoms in total. The Morgan fingerprint density at radius 2 is 1.57 bits per heavy atom.